The number of pyridine rings is 1. The predicted molar refractivity (Wildman–Crippen MR) is 103 cm³/mol. The Balaban J connectivity index is 1.77. The molecule has 3 rings (SSSR count). The molecule has 0 saturated carbocycles. The maximum absolute atomic E-state index is 12.6. The maximum Gasteiger partial charge on any atom is 0.259 e. The van der Waals surface area contributed by atoms with Crippen LogP contribution < -0.4 is 19.5 Å². The van der Waals surface area contributed by atoms with Gasteiger partial charge in [0.15, 0.2) is 11.5 Å². The largest absolute Gasteiger partial charge is 0.496 e. The maximum atomic E-state index is 12.6. The van der Waals surface area contributed by atoms with Crippen LogP contribution >= 0.6 is 0 Å². The summed E-state index contributed by atoms with van der Waals surface area (Å²) in [5.41, 5.74) is 2.03. The van der Waals surface area contributed by atoms with Crippen LogP contribution in [0.4, 0.5) is 5.69 Å². The van der Waals surface area contributed by atoms with Gasteiger partial charge in [-0.25, -0.2) is 0 Å². The van der Waals surface area contributed by atoms with Gasteiger partial charge in [0, 0.05) is 24.1 Å². The van der Waals surface area contributed by atoms with Crippen molar-refractivity contribution in [3.05, 3.63) is 78.1 Å². The fraction of sp³-hybridized carbons (Fsp3) is 0.143. The molecule has 0 aliphatic rings. The highest BCUT2D eigenvalue weighted by Crippen LogP contribution is 2.31. The molecule has 1 amide bonds. The number of amides is 1. The summed E-state index contributed by atoms with van der Waals surface area (Å²) in [5.74, 6) is 1.36. The molecule has 0 saturated heterocycles. The monoisotopic (exact) mass is 364 g/mol. The summed E-state index contributed by atoms with van der Waals surface area (Å²) in [6, 6.07) is 16.0. The van der Waals surface area contributed by atoms with Crippen molar-refractivity contribution in [2.75, 3.05) is 19.5 Å². The zero-order valence-electron chi connectivity index (χ0n) is 15.1. The van der Waals surface area contributed by atoms with E-state index in [4.69, 9.17) is 14.2 Å². The van der Waals surface area contributed by atoms with Crippen molar-refractivity contribution in [2.24, 2.45) is 0 Å². The van der Waals surface area contributed by atoms with Crippen LogP contribution in [0.25, 0.3) is 0 Å². The molecule has 0 aliphatic carbocycles. The Labute approximate surface area is 157 Å². The minimum Gasteiger partial charge on any atom is -0.496 e. The highest BCUT2D eigenvalue weighted by Gasteiger charge is 2.13. The van der Waals surface area contributed by atoms with Crippen LogP contribution in [0.2, 0.25) is 0 Å². The van der Waals surface area contributed by atoms with Gasteiger partial charge in [-0.3, -0.25) is 9.78 Å². The number of ether oxygens (including phenoxy) is 3. The molecule has 1 heterocycles. The first-order chi connectivity index (χ1) is 13.2. The van der Waals surface area contributed by atoms with Gasteiger partial charge in [-0.15, -0.1) is 0 Å². The molecule has 0 aliphatic heterocycles. The molecular formula is C21H20N2O4. The quantitative estimate of drug-likeness (QED) is 0.688. The van der Waals surface area contributed by atoms with Crippen LogP contribution in [0.5, 0.6) is 17.2 Å². The average Bonchev–Trinajstić information content (AvgIpc) is 2.73. The van der Waals surface area contributed by atoms with E-state index < -0.39 is 0 Å². The summed E-state index contributed by atoms with van der Waals surface area (Å²) in [7, 11) is 3.10. The molecule has 0 spiro atoms. The number of methoxy groups -OCH3 is 2. The molecule has 6 nitrogen and oxygen atoms in total. The molecule has 6 heteroatoms. The van der Waals surface area contributed by atoms with Crippen molar-refractivity contribution in [3.8, 4) is 17.2 Å². The lowest BCUT2D eigenvalue weighted by atomic mass is 10.2. The smallest absolute Gasteiger partial charge is 0.259 e. The molecule has 0 bridgehead atoms. The highest BCUT2D eigenvalue weighted by molar-refractivity contribution is 6.06. The molecule has 27 heavy (non-hydrogen) atoms. The zero-order valence-corrected chi connectivity index (χ0v) is 15.1. The van der Waals surface area contributed by atoms with Crippen molar-refractivity contribution in [1.82, 2.24) is 4.98 Å². The third kappa shape index (κ3) is 4.55. The Morgan fingerprint density at radius 3 is 2.41 bits per heavy atom. The van der Waals surface area contributed by atoms with E-state index in [-0.39, 0.29) is 5.91 Å². The molecule has 0 unspecified atom stereocenters. The second kappa shape index (κ2) is 8.71. The number of para-hydroxylation sites is 1. The second-order valence-corrected chi connectivity index (χ2v) is 5.66. The number of hydrogen-bond donors (Lipinski definition) is 1. The van der Waals surface area contributed by atoms with E-state index >= 15 is 0 Å². The van der Waals surface area contributed by atoms with Gasteiger partial charge in [-0.05, 0) is 42.0 Å². The number of nitrogens with one attached hydrogen (secondary N) is 1. The minimum absolute atomic E-state index is 0.266. The fourth-order valence-electron chi connectivity index (χ4n) is 2.54. The molecule has 2 aromatic carbocycles. The molecule has 0 radical (unpaired) electrons. The van der Waals surface area contributed by atoms with E-state index in [9.17, 15) is 4.79 Å². The standard InChI is InChI=1S/C21H20N2O4/c1-25-18-6-4-3-5-17(18)21(24)23-16-7-8-19(26-2)20(13-16)27-14-15-9-11-22-12-10-15/h3-13H,14H2,1-2H3,(H,23,24). The first-order valence-corrected chi connectivity index (χ1v) is 8.35. The Morgan fingerprint density at radius 2 is 1.67 bits per heavy atom. The van der Waals surface area contributed by atoms with Gasteiger partial charge in [-0.2, -0.15) is 0 Å². The van der Waals surface area contributed by atoms with Crippen LogP contribution in [0.15, 0.2) is 67.0 Å². The van der Waals surface area contributed by atoms with Crippen LogP contribution in [0, 0.1) is 0 Å². The molecule has 0 fully saturated rings. The number of nitrogens with zero attached hydrogens (tertiary/aromatic N) is 1. The summed E-state index contributed by atoms with van der Waals surface area (Å²) >= 11 is 0. The highest BCUT2D eigenvalue weighted by atomic mass is 16.5. The number of hydrogen-bond acceptors (Lipinski definition) is 5. The van der Waals surface area contributed by atoms with Crippen molar-refractivity contribution in [3.63, 3.8) is 0 Å². The number of anilines is 1. The van der Waals surface area contributed by atoms with Gasteiger partial charge in [0.1, 0.15) is 12.4 Å². The molecule has 0 atom stereocenters. The topological polar surface area (TPSA) is 69.7 Å². The van der Waals surface area contributed by atoms with E-state index in [2.05, 4.69) is 10.3 Å². The normalized spacial score (nSPS) is 10.1. The SMILES string of the molecule is COc1ccc(NC(=O)c2ccccc2OC)cc1OCc1ccncc1. The van der Waals surface area contributed by atoms with Crippen molar-refractivity contribution >= 4 is 11.6 Å². The number of carbonyl (C=O) groups excluding carboxylic acids is 1. The Hall–Kier alpha value is -3.54. The van der Waals surface area contributed by atoms with Gasteiger partial charge in [0.25, 0.3) is 5.91 Å². The number of carbonyl (C=O) groups is 1. The van der Waals surface area contributed by atoms with Crippen molar-refractivity contribution in [2.45, 2.75) is 6.61 Å². The second-order valence-electron chi connectivity index (χ2n) is 5.66. The number of rotatable bonds is 7. The van der Waals surface area contributed by atoms with Gasteiger partial charge >= 0.3 is 0 Å². The third-order valence-corrected chi connectivity index (χ3v) is 3.92. The molecule has 3 aromatic rings. The lowest BCUT2D eigenvalue weighted by Gasteiger charge is -2.14. The van der Waals surface area contributed by atoms with Gasteiger partial charge in [-0.1, -0.05) is 12.1 Å². The van der Waals surface area contributed by atoms with Gasteiger partial charge in [0.2, 0.25) is 0 Å². The molecular weight excluding hydrogens is 344 g/mol. The summed E-state index contributed by atoms with van der Waals surface area (Å²) < 4.78 is 16.4. The minimum atomic E-state index is -0.266. The van der Waals surface area contributed by atoms with Crippen molar-refractivity contribution in [1.29, 1.82) is 0 Å². The first kappa shape index (κ1) is 18.3. The van der Waals surface area contributed by atoms with E-state index in [1.807, 2.05) is 18.2 Å². The van der Waals surface area contributed by atoms with Crippen LogP contribution in [-0.2, 0) is 6.61 Å². The van der Waals surface area contributed by atoms with E-state index in [1.54, 1.807) is 55.9 Å². The third-order valence-electron chi connectivity index (χ3n) is 3.92. The Kier molecular flexibility index (Phi) is 5.89. The number of benzene rings is 2. The zero-order chi connectivity index (χ0) is 19.1. The van der Waals surface area contributed by atoms with Crippen LogP contribution in [0.3, 0.4) is 0 Å². The van der Waals surface area contributed by atoms with Crippen LogP contribution in [0.1, 0.15) is 15.9 Å². The lowest BCUT2D eigenvalue weighted by Crippen LogP contribution is -2.13. The van der Waals surface area contributed by atoms with Crippen molar-refractivity contribution < 1.29 is 19.0 Å². The Bertz CT molecular complexity index is 913. The molecule has 1 aromatic heterocycles. The van der Waals surface area contributed by atoms with E-state index in [0.717, 1.165) is 5.56 Å². The fourth-order valence-corrected chi connectivity index (χ4v) is 2.54. The van der Waals surface area contributed by atoms with Gasteiger partial charge < -0.3 is 19.5 Å². The molecule has 1 N–H and O–H groups in total. The van der Waals surface area contributed by atoms with E-state index in [0.29, 0.717) is 35.1 Å². The average molecular weight is 364 g/mol. The summed E-state index contributed by atoms with van der Waals surface area (Å²) in [6.07, 6.45) is 3.42. The number of aromatic nitrogens is 1. The lowest BCUT2D eigenvalue weighted by molar-refractivity contribution is 0.102. The molecule has 138 valence electrons. The van der Waals surface area contributed by atoms with E-state index in [1.165, 1.54) is 7.11 Å². The van der Waals surface area contributed by atoms with Crippen LogP contribution in [-0.4, -0.2) is 25.1 Å². The van der Waals surface area contributed by atoms with Gasteiger partial charge in [0.05, 0.1) is 19.8 Å². The predicted octanol–water partition coefficient (Wildman–Crippen LogP) is 3.93. The summed E-state index contributed by atoms with van der Waals surface area (Å²) in [6.45, 7) is 0.364. The first-order valence-electron chi connectivity index (χ1n) is 8.35. The Morgan fingerprint density at radius 1 is 0.926 bits per heavy atom. The summed E-state index contributed by atoms with van der Waals surface area (Å²) in [5, 5.41) is 2.86. The summed E-state index contributed by atoms with van der Waals surface area (Å²) in [4.78, 5) is 16.6.